The van der Waals surface area contributed by atoms with Crippen LogP contribution in [0.2, 0.25) is 0 Å². The second-order valence-electron chi connectivity index (χ2n) is 5.98. The van der Waals surface area contributed by atoms with Crippen molar-refractivity contribution in [1.82, 2.24) is 10.2 Å². The number of carbonyl (C=O) groups excluding carboxylic acids is 1. The largest absolute Gasteiger partial charge is 0.480 e. The third-order valence-corrected chi connectivity index (χ3v) is 4.23. The number of carboxylic acids is 1. The Bertz CT molecular complexity index is 364. The fraction of sp³-hybridized carbons (Fsp3) is 0.857. The topological polar surface area (TPSA) is 78.9 Å². The third kappa shape index (κ3) is 4.18. The minimum atomic E-state index is -0.772. The first-order valence-electron chi connectivity index (χ1n) is 7.28. The minimum absolute atomic E-state index is 0.0945. The van der Waals surface area contributed by atoms with Crippen molar-refractivity contribution in [2.24, 2.45) is 5.92 Å². The Balaban J connectivity index is 1.74. The highest BCUT2D eigenvalue weighted by atomic mass is 16.5. The standard InChI is InChI=1S/C14H24N2O4/c1-9(20-2)14(19)15-11-5-12(6-11)16(8-13(17)18)7-10-3-4-10/h9-12H,3-8H2,1-2H3,(H,15,19)(H,17,18). The lowest BCUT2D eigenvalue weighted by molar-refractivity contribution is -0.140. The summed E-state index contributed by atoms with van der Waals surface area (Å²) < 4.78 is 4.97. The van der Waals surface area contributed by atoms with E-state index in [1.54, 1.807) is 6.92 Å². The number of carboxylic acid groups (broad SMARTS) is 1. The summed E-state index contributed by atoms with van der Waals surface area (Å²) in [6.07, 6.45) is 3.67. The van der Waals surface area contributed by atoms with Crippen LogP contribution in [-0.4, -0.2) is 60.3 Å². The predicted octanol–water partition coefficient (Wildman–Crippen LogP) is 0.465. The monoisotopic (exact) mass is 284 g/mol. The van der Waals surface area contributed by atoms with Crippen LogP contribution in [0.3, 0.4) is 0 Å². The molecule has 2 rings (SSSR count). The summed E-state index contributed by atoms with van der Waals surface area (Å²) in [6.45, 7) is 2.71. The number of aliphatic carboxylic acids is 1. The zero-order chi connectivity index (χ0) is 14.7. The van der Waals surface area contributed by atoms with Gasteiger partial charge in [0.1, 0.15) is 6.10 Å². The van der Waals surface area contributed by atoms with Crippen LogP contribution in [0.5, 0.6) is 0 Å². The molecule has 0 aromatic heterocycles. The van der Waals surface area contributed by atoms with Crippen molar-refractivity contribution in [3.05, 3.63) is 0 Å². The minimum Gasteiger partial charge on any atom is -0.480 e. The molecule has 0 spiro atoms. The van der Waals surface area contributed by atoms with Crippen LogP contribution in [0, 0.1) is 5.92 Å². The number of hydrogen-bond donors (Lipinski definition) is 2. The molecule has 1 unspecified atom stereocenters. The smallest absolute Gasteiger partial charge is 0.317 e. The quantitative estimate of drug-likeness (QED) is 0.677. The van der Waals surface area contributed by atoms with Crippen molar-refractivity contribution in [2.45, 2.75) is 50.8 Å². The molecule has 6 heteroatoms. The normalized spacial score (nSPS) is 26.9. The van der Waals surface area contributed by atoms with Gasteiger partial charge in [0, 0.05) is 25.7 Å². The van der Waals surface area contributed by atoms with Crippen molar-refractivity contribution in [3.63, 3.8) is 0 Å². The lowest BCUT2D eigenvalue weighted by Gasteiger charge is -2.43. The Morgan fingerprint density at radius 3 is 2.55 bits per heavy atom. The van der Waals surface area contributed by atoms with E-state index in [0.717, 1.165) is 19.4 Å². The molecule has 0 aromatic rings. The van der Waals surface area contributed by atoms with Crippen LogP contribution < -0.4 is 5.32 Å². The Kier molecular flexibility index (Phi) is 4.99. The number of amides is 1. The van der Waals surface area contributed by atoms with Crippen molar-refractivity contribution in [1.29, 1.82) is 0 Å². The number of hydrogen-bond acceptors (Lipinski definition) is 4. The Hall–Kier alpha value is -1.14. The molecule has 1 amide bonds. The number of rotatable bonds is 8. The molecule has 0 heterocycles. The summed E-state index contributed by atoms with van der Waals surface area (Å²) in [7, 11) is 1.51. The van der Waals surface area contributed by atoms with Gasteiger partial charge in [0.05, 0.1) is 6.54 Å². The number of carbonyl (C=O) groups is 2. The van der Waals surface area contributed by atoms with Gasteiger partial charge in [-0.2, -0.15) is 0 Å². The molecule has 2 fully saturated rings. The first-order chi connectivity index (χ1) is 9.49. The number of nitrogens with zero attached hydrogens (tertiary/aromatic N) is 1. The van der Waals surface area contributed by atoms with Gasteiger partial charge in [0.2, 0.25) is 5.91 Å². The molecule has 0 aliphatic heterocycles. The molecule has 20 heavy (non-hydrogen) atoms. The van der Waals surface area contributed by atoms with E-state index in [1.807, 2.05) is 0 Å². The molecule has 2 aliphatic carbocycles. The van der Waals surface area contributed by atoms with E-state index in [-0.39, 0.29) is 24.5 Å². The third-order valence-electron chi connectivity index (χ3n) is 4.23. The molecule has 1 atom stereocenters. The summed E-state index contributed by atoms with van der Waals surface area (Å²) in [5, 5.41) is 11.9. The fourth-order valence-electron chi connectivity index (χ4n) is 2.58. The van der Waals surface area contributed by atoms with Gasteiger partial charge in [0.25, 0.3) is 0 Å². The maximum absolute atomic E-state index is 11.7. The van der Waals surface area contributed by atoms with E-state index in [1.165, 1.54) is 20.0 Å². The number of nitrogens with one attached hydrogen (secondary N) is 1. The van der Waals surface area contributed by atoms with Crippen LogP contribution in [0.1, 0.15) is 32.6 Å². The van der Waals surface area contributed by atoms with Gasteiger partial charge in [-0.3, -0.25) is 14.5 Å². The van der Waals surface area contributed by atoms with Crippen molar-refractivity contribution >= 4 is 11.9 Å². The number of ether oxygens (including phenoxy) is 1. The van der Waals surface area contributed by atoms with Crippen LogP contribution in [0.4, 0.5) is 0 Å². The molecule has 0 bridgehead atoms. The lowest BCUT2D eigenvalue weighted by Crippen LogP contribution is -2.56. The SMILES string of the molecule is COC(C)C(=O)NC1CC(N(CC(=O)O)CC2CC2)C1. The van der Waals surface area contributed by atoms with Crippen LogP contribution in [-0.2, 0) is 14.3 Å². The van der Waals surface area contributed by atoms with E-state index in [0.29, 0.717) is 5.92 Å². The van der Waals surface area contributed by atoms with Gasteiger partial charge in [0.15, 0.2) is 0 Å². The lowest BCUT2D eigenvalue weighted by atomic mass is 9.85. The first kappa shape index (κ1) is 15.3. The maximum Gasteiger partial charge on any atom is 0.317 e. The van der Waals surface area contributed by atoms with E-state index in [9.17, 15) is 9.59 Å². The second kappa shape index (κ2) is 6.54. The number of methoxy groups -OCH3 is 1. The van der Waals surface area contributed by atoms with Crippen molar-refractivity contribution in [2.75, 3.05) is 20.2 Å². The predicted molar refractivity (Wildman–Crippen MR) is 73.4 cm³/mol. The molecule has 0 radical (unpaired) electrons. The van der Waals surface area contributed by atoms with Gasteiger partial charge in [-0.1, -0.05) is 0 Å². The van der Waals surface area contributed by atoms with Crippen molar-refractivity contribution < 1.29 is 19.4 Å². The molecule has 0 aromatic carbocycles. The molecule has 0 saturated heterocycles. The molecule has 114 valence electrons. The van der Waals surface area contributed by atoms with E-state index in [2.05, 4.69) is 10.2 Å². The second-order valence-corrected chi connectivity index (χ2v) is 5.98. The summed E-state index contributed by atoms with van der Waals surface area (Å²) in [5.41, 5.74) is 0. The molecular weight excluding hydrogens is 260 g/mol. The Morgan fingerprint density at radius 1 is 1.40 bits per heavy atom. The van der Waals surface area contributed by atoms with E-state index < -0.39 is 12.1 Å². The van der Waals surface area contributed by atoms with E-state index in [4.69, 9.17) is 9.84 Å². The average molecular weight is 284 g/mol. The molecule has 6 nitrogen and oxygen atoms in total. The Labute approximate surface area is 119 Å². The highest BCUT2D eigenvalue weighted by Crippen LogP contribution is 2.33. The van der Waals surface area contributed by atoms with Crippen LogP contribution >= 0.6 is 0 Å². The summed E-state index contributed by atoms with van der Waals surface area (Å²) in [6, 6.07) is 0.440. The molecular formula is C14H24N2O4. The van der Waals surface area contributed by atoms with Crippen LogP contribution in [0.15, 0.2) is 0 Å². The Morgan fingerprint density at radius 2 is 2.05 bits per heavy atom. The fourth-order valence-corrected chi connectivity index (χ4v) is 2.58. The van der Waals surface area contributed by atoms with Gasteiger partial charge in [-0.05, 0) is 38.5 Å². The van der Waals surface area contributed by atoms with Gasteiger partial charge in [-0.25, -0.2) is 0 Å². The summed E-state index contributed by atoms with van der Waals surface area (Å²) in [4.78, 5) is 24.6. The van der Waals surface area contributed by atoms with Gasteiger partial charge < -0.3 is 15.2 Å². The molecule has 2 aliphatic rings. The molecule has 2 saturated carbocycles. The van der Waals surface area contributed by atoms with E-state index >= 15 is 0 Å². The zero-order valence-corrected chi connectivity index (χ0v) is 12.2. The zero-order valence-electron chi connectivity index (χ0n) is 12.2. The van der Waals surface area contributed by atoms with Crippen LogP contribution in [0.25, 0.3) is 0 Å². The van der Waals surface area contributed by atoms with Gasteiger partial charge in [-0.15, -0.1) is 0 Å². The average Bonchev–Trinajstić information content (AvgIpc) is 3.14. The first-order valence-corrected chi connectivity index (χ1v) is 7.28. The summed E-state index contributed by atoms with van der Waals surface area (Å²) >= 11 is 0. The molecule has 2 N–H and O–H groups in total. The van der Waals surface area contributed by atoms with Crippen molar-refractivity contribution in [3.8, 4) is 0 Å². The summed E-state index contributed by atoms with van der Waals surface area (Å²) in [5.74, 6) is -0.189. The highest BCUT2D eigenvalue weighted by molar-refractivity contribution is 5.80. The maximum atomic E-state index is 11.7. The highest BCUT2D eigenvalue weighted by Gasteiger charge is 2.38. The van der Waals surface area contributed by atoms with Gasteiger partial charge >= 0.3 is 5.97 Å².